The van der Waals surface area contributed by atoms with E-state index in [1.807, 2.05) is 4.90 Å². The van der Waals surface area contributed by atoms with E-state index < -0.39 is 21.8 Å². The molecule has 0 aliphatic carbocycles. The summed E-state index contributed by atoms with van der Waals surface area (Å²) in [7, 11) is -3.30. The van der Waals surface area contributed by atoms with Crippen LogP contribution in [0.4, 0.5) is 24.9 Å². The van der Waals surface area contributed by atoms with Crippen LogP contribution in [-0.2, 0) is 20.9 Å². The number of morpholine rings is 1. The van der Waals surface area contributed by atoms with Crippen molar-refractivity contribution in [1.29, 1.82) is 0 Å². The Kier molecular flexibility index (Phi) is 7.68. The number of hydrogen-bond donors (Lipinski definition) is 1. The number of anilines is 2. The monoisotopic (exact) mass is 586 g/mol. The third-order valence-electron chi connectivity index (χ3n) is 6.61. The van der Waals surface area contributed by atoms with Crippen LogP contribution in [0.2, 0.25) is 5.02 Å². The fourth-order valence-corrected chi connectivity index (χ4v) is 5.77. The van der Waals surface area contributed by atoms with Gasteiger partial charge in [0.25, 0.3) is 0 Å². The fourth-order valence-electron chi connectivity index (χ4n) is 4.56. The first-order valence-electron chi connectivity index (χ1n) is 12.2. The van der Waals surface area contributed by atoms with Gasteiger partial charge in [-0.3, -0.25) is 0 Å². The molecule has 11 nitrogen and oxygen atoms in total. The second kappa shape index (κ2) is 10.9. The van der Waals surface area contributed by atoms with Crippen LogP contribution >= 0.6 is 11.6 Å². The van der Waals surface area contributed by atoms with Gasteiger partial charge in [0.1, 0.15) is 34.1 Å². The number of sulfonamides is 1. The van der Waals surface area contributed by atoms with Crippen molar-refractivity contribution in [1.82, 2.24) is 28.8 Å². The number of piperidine rings is 1. The number of ether oxygens (including phenoxy) is 1. The number of nitrogens with one attached hydrogen (secondary N) is 1. The highest BCUT2D eigenvalue weighted by atomic mass is 35.5. The number of halogens is 4. The summed E-state index contributed by atoms with van der Waals surface area (Å²) in [5.41, 5.74) is -0.920. The van der Waals surface area contributed by atoms with E-state index in [1.165, 1.54) is 21.4 Å². The minimum absolute atomic E-state index is 0.00176. The van der Waals surface area contributed by atoms with Crippen LogP contribution in [0.5, 0.6) is 0 Å². The van der Waals surface area contributed by atoms with Crippen molar-refractivity contribution in [2.45, 2.75) is 25.1 Å². The fraction of sp³-hybridized carbons (Fsp3) is 0.478. The van der Waals surface area contributed by atoms with Crippen LogP contribution in [0.15, 0.2) is 31.0 Å². The third kappa shape index (κ3) is 6.10. The molecule has 0 spiro atoms. The topological polar surface area (TPSA) is 118 Å². The normalized spacial score (nSPS) is 17.9. The number of rotatable bonds is 6. The van der Waals surface area contributed by atoms with Gasteiger partial charge in [0, 0.05) is 50.8 Å². The van der Waals surface area contributed by atoms with Gasteiger partial charge in [-0.15, -0.1) is 0 Å². The highest BCUT2D eigenvalue weighted by Gasteiger charge is 2.36. The molecule has 210 valence electrons. The van der Waals surface area contributed by atoms with Crippen molar-refractivity contribution >= 4 is 33.4 Å². The van der Waals surface area contributed by atoms with Crippen molar-refractivity contribution in [2.24, 2.45) is 0 Å². The third-order valence-corrected chi connectivity index (χ3v) is 8.28. The van der Waals surface area contributed by atoms with Crippen LogP contribution in [0.1, 0.15) is 18.4 Å². The molecule has 3 aromatic rings. The lowest BCUT2D eigenvalue weighted by molar-refractivity contribution is -0.137. The van der Waals surface area contributed by atoms with Crippen molar-refractivity contribution < 1.29 is 26.3 Å². The first-order valence-corrected chi connectivity index (χ1v) is 14.4. The molecular weight excluding hydrogens is 561 g/mol. The maximum atomic E-state index is 13.9. The molecule has 2 aliphatic rings. The second-order valence-electron chi connectivity index (χ2n) is 9.27. The van der Waals surface area contributed by atoms with E-state index in [0.29, 0.717) is 68.8 Å². The average Bonchev–Trinajstić information content (AvgIpc) is 3.38. The summed E-state index contributed by atoms with van der Waals surface area (Å²) in [5, 5.41) is 3.38. The molecule has 0 aromatic carbocycles. The molecule has 0 atom stereocenters. The zero-order chi connectivity index (χ0) is 27.8. The van der Waals surface area contributed by atoms with Gasteiger partial charge in [-0.05, 0) is 18.9 Å². The molecule has 0 saturated carbocycles. The molecule has 39 heavy (non-hydrogen) atoms. The zero-order valence-corrected chi connectivity index (χ0v) is 22.5. The number of hydrogen-bond acceptors (Lipinski definition) is 9. The minimum Gasteiger partial charge on any atom is -0.378 e. The molecule has 5 heterocycles. The van der Waals surface area contributed by atoms with Crippen LogP contribution < -0.4 is 10.2 Å². The molecule has 0 amide bonds. The average molecular weight is 587 g/mol. The maximum absolute atomic E-state index is 13.9. The molecule has 5 rings (SSSR count). The lowest BCUT2D eigenvalue weighted by Gasteiger charge is -2.30. The second-order valence-corrected chi connectivity index (χ2v) is 11.6. The van der Waals surface area contributed by atoms with E-state index >= 15 is 0 Å². The Balaban J connectivity index is 1.42. The van der Waals surface area contributed by atoms with Gasteiger partial charge >= 0.3 is 6.18 Å². The lowest BCUT2D eigenvalue weighted by Crippen LogP contribution is -2.42. The van der Waals surface area contributed by atoms with Crippen LogP contribution in [0.25, 0.3) is 17.1 Å². The first-order chi connectivity index (χ1) is 18.5. The van der Waals surface area contributed by atoms with Crippen LogP contribution in [0.3, 0.4) is 0 Å². The van der Waals surface area contributed by atoms with Gasteiger partial charge in [0.2, 0.25) is 16.0 Å². The van der Waals surface area contributed by atoms with E-state index in [1.54, 1.807) is 12.3 Å². The number of alkyl halides is 3. The zero-order valence-electron chi connectivity index (χ0n) is 20.9. The molecule has 3 aromatic heterocycles. The summed E-state index contributed by atoms with van der Waals surface area (Å²) >= 11 is 6.66. The van der Waals surface area contributed by atoms with Crippen LogP contribution in [-0.4, -0.2) is 88.9 Å². The van der Waals surface area contributed by atoms with E-state index in [2.05, 4.69) is 25.3 Å². The molecular formula is C23H26ClF3N8O3S. The first kappa shape index (κ1) is 27.6. The van der Waals surface area contributed by atoms with Gasteiger partial charge in [-0.25, -0.2) is 32.7 Å². The molecule has 2 fully saturated rings. The Labute approximate surface area is 228 Å². The quantitative estimate of drug-likeness (QED) is 0.465. The largest absolute Gasteiger partial charge is 0.420 e. The lowest BCUT2D eigenvalue weighted by atomic mass is 10.1. The van der Waals surface area contributed by atoms with Crippen molar-refractivity contribution in [3.05, 3.63) is 41.6 Å². The Morgan fingerprint density at radius 3 is 2.49 bits per heavy atom. The van der Waals surface area contributed by atoms with E-state index in [9.17, 15) is 21.6 Å². The number of imidazole rings is 1. The highest BCUT2D eigenvalue weighted by molar-refractivity contribution is 7.88. The smallest absolute Gasteiger partial charge is 0.378 e. The summed E-state index contributed by atoms with van der Waals surface area (Å²) in [6, 6.07) is 1.46. The molecule has 1 N–H and O–H groups in total. The maximum Gasteiger partial charge on any atom is 0.420 e. The van der Waals surface area contributed by atoms with Gasteiger partial charge in [0.15, 0.2) is 0 Å². The Morgan fingerprint density at radius 2 is 1.82 bits per heavy atom. The number of nitrogens with zero attached hydrogens (tertiary/aromatic N) is 7. The summed E-state index contributed by atoms with van der Waals surface area (Å²) in [6.07, 6.45) is 2.47. The highest BCUT2D eigenvalue weighted by Crippen LogP contribution is 2.37. The van der Waals surface area contributed by atoms with E-state index in [0.717, 1.165) is 12.5 Å². The molecule has 16 heteroatoms. The van der Waals surface area contributed by atoms with Crippen molar-refractivity contribution in [3.63, 3.8) is 0 Å². The van der Waals surface area contributed by atoms with E-state index in [4.69, 9.17) is 16.3 Å². The predicted octanol–water partition coefficient (Wildman–Crippen LogP) is 3.07. The van der Waals surface area contributed by atoms with Crippen molar-refractivity contribution in [3.8, 4) is 17.1 Å². The van der Waals surface area contributed by atoms with Crippen molar-refractivity contribution in [2.75, 3.05) is 55.9 Å². The number of pyridine rings is 1. The van der Waals surface area contributed by atoms with Gasteiger partial charge in [-0.2, -0.15) is 13.2 Å². The Bertz CT molecular complexity index is 1440. The van der Waals surface area contributed by atoms with Gasteiger partial charge < -0.3 is 19.5 Å². The van der Waals surface area contributed by atoms with Crippen LogP contribution in [0, 0.1) is 0 Å². The molecule has 2 saturated heterocycles. The molecule has 0 bridgehead atoms. The summed E-state index contributed by atoms with van der Waals surface area (Å²) in [6.45, 7) is 2.91. The summed E-state index contributed by atoms with van der Waals surface area (Å²) < 4.78 is 73.5. The molecule has 2 aliphatic heterocycles. The number of aromatic nitrogens is 5. The summed E-state index contributed by atoms with van der Waals surface area (Å²) in [5.74, 6) is 0.557. The SMILES string of the molecule is CS(=O)(=O)N1CCC(Nc2ncc(C(F)(F)F)c(-c3cn(-c4ccnc(N5CCOCC5)c4Cl)cn3)n2)CC1. The summed E-state index contributed by atoms with van der Waals surface area (Å²) in [4.78, 5) is 18.6. The molecule has 0 unspecified atom stereocenters. The van der Waals surface area contributed by atoms with Gasteiger partial charge in [0.05, 0.1) is 25.2 Å². The standard InChI is InChI=1S/C23H26ClF3N8O3S/c1-39(36,37)35-6-3-15(4-7-35)31-22-29-12-16(23(25,26)27)20(32-22)17-13-34(14-30-17)18-2-5-28-21(19(18)24)33-8-10-38-11-9-33/h2,5,12-15H,3-4,6-11H2,1H3,(H,29,31,32). The Hall–Kier alpha value is -3.01. The predicted molar refractivity (Wildman–Crippen MR) is 138 cm³/mol. The van der Waals surface area contributed by atoms with Gasteiger partial charge in [-0.1, -0.05) is 11.6 Å². The minimum atomic E-state index is -4.71. The molecule has 0 radical (unpaired) electrons. The Morgan fingerprint density at radius 1 is 1.10 bits per heavy atom. The van der Waals surface area contributed by atoms with E-state index in [-0.39, 0.29) is 23.4 Å².